The van der Waals surface area contributed by atoms with Gasteiger partial charge in [0.2, 0.25) is 30.4 Å². The second-order valence-corrected chi connectivity index (χ2v) is 8.60. The van der Waals surface area contributed by atoms with Crippen molar-refractivity contribution in [3.05, 3.63) is 65.2 Å². The molecule has 9 N–H and O–H groups in total. The minimum Gasteiger partial charge on any atom is -0.465 e. The Morgan fingerprint density at radius 3 is 1.58 bits per heavy atom. The highest BCUT2D eigenvalue weighted by Crippen LogP contribution is 2.14. The van der Waals surface area contributed by atoms with Gasteiger partial charge in [0, 0.05) is 12.8 Å². The molecule has 16 nitrogen and oxygen atoms in total. The highest BCUT2D eigenvalue weighted by molar-refractivity contribution is 5.87. The van der Waals surface area contributed by atoms with E-state index in [4.69, 9.17) is 31.5 Å². The molecule has 16 heteroatoms. The number of nitrogens with two attached hydrogens (primary N) is 2. The van der Waals surface area contributed by atoms with Crippen LogP contribution in [0.1, 0.15) is 16.7 Å². The Kier molecular flexibility index (Phi) is 17.2. The maximum absolute atomic E-state index is 11.3. The molecule has 0 aliphatic carbocycles. The zero-order chi connectivity index (χ0) is 32.2. The van der Waals surface area contributed by atoms with Crippen molar-refractivity contribution in [1.82, 2.24) is 10.6 Å². The van der Waals surface area contributed by atoms with Crippen LogP contribution in [0.2, 0.25) is 0 Å². The first-order valence-electron chi connectivity index (χ1n) is 12.6. The van der Waals surface area contributed by atoms with E-state index in [1.165, 1.54) is 7.11 Å². The van der Waals surface area contributed by atoms with Crippen LogP contribution in [0.25, 0.3) is 0 Å². The highest BCUT2D eigenvalue weighted by atomic mass is 17.2. The predicted octanol–water partition coefficient (Wildman–Crippen LogP) is -2.67. The van der Waals surface area contributed by atoms with Crippen molar-refractivity contribution in [3.63, 3.8) is 0 Å². The summed E-state index contributed by atoms with van der Waals surface area (Å²) in [6, 6.07) is 11.7. The summed E-state index contributed by atoms with van der Waals surface area (Å²) in [6.07, 6.45) is 0.402. The fraction of sp³-hybridized carbons (Fsp3) is 0.370. The molecule has 43 heavy (non-hydrogen) atoms. The second-order valence-electron chi connectivity index (χ2n) is 8.60. The molecule has 2 unspecified atom stereocenters. The summed E-state index contributed by atoms with van der Waals surface area (Å²) in [5, 5.41) is 30.5. The quantitative estimate of drug-likeness (QED) is 0.0319. The Bertz CT molecular complexity index is 1180. The maximum Gasteiger partial charge on any atom is 0.312 e. The van der Waals surface area contributed by atoms with Crippen LogP contribution in [0.4, 0.5) is 0 Å². The molecule has 0 aliphatic heterocycles. The molecule has 0 radical (unpaired) electrons. The van der Waals surface area contributed by atoms with E-state index < -0.39 is 61.7 Å². The lowest BCUT2D eigenvalue weighted by Crippen LogP contribution is -2.46. The molecule has 2 atom stereocenters. The first-order valence-corrected chi connectivity index (χ1v) is 12.6. The van der Waals surface area contributed by atoms with Gasteiger partial charge in [-0.05, 0) is 28.8 Å². The van der Waals surface area contributed by atoms with Crippen molar-refractivity contribution in [3.8, 4) is 5.75 Å². The molecule has 0 bridgehead atoms. The van der Waals surface area contributed by atoms with Gasteiger partial charge < -0.3 is 46.9 Å². The zero-order valence-corrected chi connectivity index (χ0v) is 23.4. The number of hydrogen-bond acceptors (Lipinski definition) is 12. The molecule has 4 amide bonds. The summed E-state index contributed by atoms with van der Waals surface area (Å²) in [6.45, 7) is -2.14. The lowest BCUT2D eigenvalue weighted by atomic mass is 10.0. The van der Waals surface area contributed by atoms with Gasteiger partial charge in [-0.25, -0.2) is 4.89 Å². The topological polar surface area (TPSA) is 259 Å². The number of carbonyl (C=O) groups excluding carboxylic acids is 5. The number of nitrogens with one attached hydrogen (secondary N) is 2. The lowest BCUT2D eigenvalue weighted by molar-refractivity contribution is -0.303. The van der Waals surface area contributed by atoms with Crippen LogP contribution in [0.5, 0.6) is 5.75 Å². The van der Waals surface area contributed by atoms with E-state index in [9.17, 15) is 24.0 Å². The van der Waals surface area contributed by atoms with Gasteiger partial charge in [-0.2, -0.15) is 4.89 Å². The van der Waals surface area contributed by atoms with Gasteiger partial charge in [0.25, 0.3) is 0 Å². The molecule has 236 valence electrons. The van der Waals surface area contributed by atoms with E-state index in [1.54, 1.807) is 48.5 Å². The fourth-order valence-corrected chi connectivity index (χ4v) is 3.34. The molecule has 2 rings (SSSR count). The minimum atomic E-state index is -0.926. The van der Waals surface area contributed by atoms with E-state index in [-0.39, 0.29) is 26.1 Å². The van der Waals surface area contributed by atoms with Crippen LogP contribution in [-0.4, -0.2) is 90.9 Å². The van der Waals surface area contributed by atoms with Gasteiger partial charge in [0.05, 0.1) is 13.5 Å². The molecule has 2 aromatic rings. The molecule has 0 heterocycles. The standard InChI is InChI=1S/C14H18N2O6.C13H18N2O6/c15-14(21)11(16-12(19)7-17)5-9-1-3-10(4-2-9)6-13(20)22-8-18;1-19-21-8-20-10-4-2-9(3-5-10)6-11(13(14)18)15-12(17)7-16/h1-4,11,17-18H,5-8H2,(H2,15,21)(H,16,19);2-5,11,16H,6-8H2,1H3,(H2,14,18)(H,15,17). The summed E-state index contributed by atoms with van der Waals surface area (Å²) in [4.78, 5) is 64.9. The van der Waals surface area contributed by atoms with E-state index in [0.29, 0.717) is 11.3 Å². The third-order valence-electron chi connectivity index (χ3n) is 5.44. The fourth-order valence-electron chi connectivity index (χ4n) is 3.34. The van der Waals surface area contributed by atoms with E-state index in [1.807, 2.05) is 0 Å². The number of aliphatic hydroxyl groups excluding tert-OH is 3. The molecule has 0 aliphatic rings. The largest absolute Gasteiger partial charge is 0.465 e. The van der Waals surface area contributed by atoms with Gasteiger partial charge in [0.1, 0.15) is 31.0 Å². The summed E-state index contributed by atoms with van der Waals surface area (Å²) in [7, 11) is 1.37. The average molecular weight is 609 g/mol. The SMILES string of the molecule is COOCOc1ccc(CC(NC(=O)CO)C(N)=O)cc1.NC(=O)C(Cc1ccc(CC(=O)OCO)cc1)NC(=O)CO. The number of rotatable bonds is 17. The number of aliphatic hydroxyl groups is 3. The van der Waals surface area contributed by atoms with Crippen LogP contribution in [0, 0.1) is 0 Å². The number of benzene rings is 2. The molecule has 0 saturated carbocycles. The molecule has 0 aromatic heterocycles. The van der Waals surface area contributed by atoms with Gasteiger partial charge >= 0.3 is 5.97 Å². The smallest absolute Gasteiger partial charge is 0.312 e. The van der Waals surface area contributed by atoms with Crippen molar-refractivity contribution in [2.75, 3.05) is 33.9 Å². The normalized spacial score (nSPS) is 11.6. The average Bonchev–Trinajstić information content (AvgIpc) is 2.98. The first kappa shape index (κ1) is 36.4. The number of primary amides is 2. The summed E-state index contributed by atoms with van der Waals surface area (Å²) in [5.74, 6) is -2.73. The maximum atomic E-state index is 11.3. The molecule has 2 aromatic carbocycles. The third-order valence-corrected chi connectivity index (χ3v) is 5.44. The molecule has 0 fully saturated rings. The Balaban J connectivity index is 0.000000430. The van der Waals surface area contributed by atoms with Crippen molar-refractivity contribution in [1.29, 1.82) is 0 Å². The number of esters is 1. The Morgan fingerprint density at radius 1 is 0.744 bits per heavy atom. The third kappa shape index (κ3) is 15.3. The Labute approximate surface area is 246 Å². The van der Waals surface area contributed by atoms with Gasteiger partial charge in [-0.1, -0.05) is 36.4 Å². The number of hydrogen-bond donors (Lipinski definition) is 7. The molecular weight excluding hydrogens is 572 g/mol. The Hall–Kier alpha value is -4.61. The van der Waals surface area contributed by atoms with Crippen molar-refractivity contribution in [2.45, 2.75) is 31.3 Å². The van der Waals surface area contributed by atoms with Crippen LogP contribution in [0.3, 0.4) is 0 Å². The van der Waals surface area contributed by atoms with Crippen molar-refractivity contribution in [2.24, 2.45) is 11.5 Å². The summed E-state index contributed by atoms with van der Waals surface area (Å²) in [5.41, 5.74) is 12.6. The monoisotopic (exact) mass is 608 g/mol. The number of ether oxygens (including phenoxy) is 2. The highest BCUT2D eigenvalue weighted by Gasteiger charge is 2.19. The van der Waals surface area contributed by atoms with E-state index in [2.05, 4.69) is 25.1 Å². The second kappa shape index (κ2) is 20.3. The first-order chi connectivity index (χ1) is 20.5. The zero-order valence-electron chi connectivity index (χ0n) is 23.4. The van der Waals surface area contributed by atoms with Crippen LogP contribution in [0.15, 0.2) is 48.5 Å². The molecule has 0 spiro atoms. The number of amides is 4. The summed E-state index contributed by atoms with van der Waals surface area (Å²) >= 11 is 0. The van der Waals surface area contributed by atoms with Gasteiger partial charge in [-0.15, -0.1) is 0 Å². The minimum absolute atomic E-state index is 0.0152. The van der Waals surface area contributed by atoms with Crippen LogP contribution < -0.4 is 26.8 Å². The predicted molar refractivity (Wildman–Crippen MR) is 147 cm³/mol. The number of carbonyl (C=O) groups is 5. The van der Waals surface area contributed by atoms with Crippen molar-refractivity contribution < 1.29 is 58.5 Å². The van der Waals surface area contributed by atoms with Crippen LogP contribution in [-0.2, 0) is 57.7 Å². The Morgan fingerprint density at radius 2 is 1.19 bits per heavy atom. The van der Waals surface area contributed by atoms with E-state index >= 15 is 0 Å². The van der Waals surface area contributed by atoms with Crippen LogP contribution >= 0.6 is 0 Å². The van der Waals surface area contributed by atoms with E-state index in [0.717, 1.165) is 11.1 Å². The molecule has 0 saturated heterocycles. The van der Waals surface area contributed by atoms with Gasteiger partial charge in [-0.3, -0.25) is 24.0 Å². The molecular formula is C27H36N4O12. The van der Waals surface area contributed by atoms with Gasteiger partial charge in [0.15, 0.2) is 6.79 Å². The van der Waals surface area contributed by atoms with Crippen molar-refractivity contribution >= 4 is 29.6 Å². The lowest BCUT2D eigenvalue weighted by Gasteiger charge is -2.15. The summed E-state index contributed by atoms with van der Waals surface area (Å²) < 4.78 is 9.61.